The van der Waals surface area contributed by atoms with Crippen LogP contribution in [0.4, 0.5) is 4.39 Å². The lowest BCUT2D eigenvalue weighted by atomic mass is 9.80. The minimum absolute atomic E-state index is 0.0331. The van der Waals surface area contributed by atoms with E-state index in [4.69, 9.17) is 4.74 Å². The Hall–Kier alpha value is -3.07. The van der Waals surface area contributed by atoms with Crippen molar-refractivity contribution in [2.75, 3.05) is 33.4 Å². The van der Waals surface area contributed by atoms with Gasteiger partial charge in [-0.1, -0.05) is 55.3 Å². The molecular weight excluding hydrogens is 471 g/mol. The summed E-state index contributed by atoms with van der Waals surface area (Å²) in [5.41, 5.74) is 1.47. The standard InChI is InChI=1S/C29H35FN4O3/c1-37-19-29(36)13-6-5-12-25(29)34-20-32-26(27(34)22-10-7-11-23(30)17-22)28(35)33-15-14-31-18-24(33)16-21-8-3-2-4-9-21/h2-4,7-11,17,20,24-25,31,36H,5-6,12-16,18-19H2,1H3/t24-,25-,29?/m1/s1. The topological polar surface area (TPSA) is 79.6 Å². The van der Waals surface area contributed by atoms with Crippen LogP contribution in [0, 0.1) is 5.82 Å². The van der Waals surface area contributed by atoms with Gasteiger partial charge in [0, 0.05) is 38.3 Å². The number of methoxy groups -OCH3 is 1. The maximum atomic E-state index is 14.4. The number of ether oxygens (including phenoxy) is 1. The summed E-state index contributed by atoms with van der Waals surface area (Å²) in [4.78, 5) is 20.6. The summed E-state index contributed by atoms with van der Waals surface area (Å²) in [5, 5.41) is 15.0. The second-order valence-electron chi connectivity index (χ2n) is 10.2. The molecule has 2 N–H and O–H groups in total. The fourth-order valence-electron chi connectivity index (χ4n) is 5.93. The van der Waals surface area contributed by atoms with Gasteiger partial charge >= 0.3 is 0 Å². The van der Waals surface area contributed by atoms with Crippen molar-refractivity contribution in [3.05, 3.63) is 78.0 Å². The Morgan fingerprint density at radius 2 is 2.05 bits per heavy atom. The lowest BCUT2D eigenvalue weighted by Crippen LogP contribution is -2.54. The monoisotopic (exact) mass is 506 g/mol. The molecule has 1 saturated heterocycles. The number of amides is 1. The van der Waals surface area contributed by atoms with Crippen LogP contribution in [-0.4, -0.2) is 70.5 Å². The highest BCUT2D eigenvalue weighted by atomic mass is 19.1. The molecule has 2 heterocycles. The summed E-state index contributed by atoms with van der Waals surface area (Å²) in [5.74, 6) is -0.560. The molecule has 2 aliphatic rings. The lowest BCUT2D eigenvalue weighted by Gasteiger charge is -2.41. The molecule has 8 heteroatoms. The van der Waals surface area contributed by atoms with Crippen LogP contribution in [0.1, 0.15) is 47.8 Å². The van der Waals surface area contributed by atoms with Crippen LogP contribution < -0.4 is 5.32 Å². The van der Waals surface area contributed by atoms with E-state index in [2.05, 4.69) is 22.4 Å². The number of hydrogen-bond donors (Lipinski definition) is 2. The Labute approximate surface area is 217 Å². The number of nitrogens with zero attached hydrogens (tertiary/aromatic N) is 3. The molecule has 1 saturated carbocycles. The van der Waals surface area contributed by atoms with E-state index in [0.717, 1.165) is 31.2 Å². The molecule has 0 bridgehead atoms. The minimum atomic E-state index is -1.10. The summed E-state index contributed by atoms with van der Waals surface area (Å²) in [7, 11) is 1.58. The van der Waals surface area contributed by atoms with Crippen LogP contribution in [0.5, 0.6) is 0 Å². The van der Waals surface area contributed by atoms with Gasteiger partial charge in [0.15, 0.2) is 5.69 Å². The normalized spacial score (nSPS) is 24.2. The van der Waals surface area contributed by atoms with Crippen LogP contribution in [-0.2, 0) is 11.2 Å². The summed E-state index contributed by atoms with van der Waals surface area (Å²) in [6, 6.07) is 16.0. The van der Waals surface area contributed by atoms with Crippen LogP contribution in [0.3, 0.4) is 0 Å². The van der Waals surface area contributed by atoms with Gasteiger partial charge in [0.25, 0.3) is 5.91 Å². The summed E-state index contributed by atoms with van der Waals surface area (Å²) in [6.45, 7) is 2.12. The molecular formula is C29H35FN4O3. The Balaban J connectivity index is 1.55. The van der Waals surface area contributed by atoms with Crippen molar-refractivity contribution >= 4 is 5.91 Å². The predicted octanol–water partition coefficient (Wildman–Crippen LogP) is 3.84. The third kappa shape index (κ3) is 5.32. The molecule has 1 aliphatic heterocycles. The smallest absolute Gasteiger partial charge is 0.275 e. The van der Waals surface area contributed by atoms with Gasteiger partial charge in [0.1, 0.15) is 11.4 Å². The van der Waals surface area contributed by atoms with Gasteiger partial charge in [-0.2, -0.15) is 0 Å². The zero-order chi connectivity index (χ0) is 25.8. The van der Waals surface area contributed by atoms with Crippen molar-refractivity contribution in [3.63, 3.8) is 0 Å². The first-order valence-electron chi connectivity index (χ1n) is 13.1. The van der Waals surface area contributed by atoms with Gasteiger partial charge in [-0.05, 0) is 37.0 Å². The molecule has 196 valence electrons. The van der Waals surface area contributed by atoms with Gasteiger partial charge in [0.05, 0.1) is 24.7 Å². The number of imidazole rings is 1. The van der Waals surface area contributed by atoms with Gasteiger partial charge in [-0.25, -0.2) is 9.37 Å². The highest BCUT2D eigenvalue weighted by Gasteiger charge is 2.42. The second kappa shape index (κ2) is 11.1. The molecule has 5 rings (SSSR count). The van der Waals surface area contributed by atoms with Crippen LogP contribution in [0.15, 0.2) is 60.9 Å². The van der Waals surface area contributed by atoms with E-state index < -0.39 is 5.60 Å². The second-order valence-corrected chi connectivity index (χ2v) is 10.2. The molecule has 0 radical (unpaired) electrons. The molecule has 2 aromatic carbocycles. The summed E-state index contributed by atoms with van der Waals surface area (Å²) in [6.07, 6.45) is 5.51. The number of carbonyl (C=O) groups is 1. The number of piperazine rings is 1. The molecule has 1 aliphatic carbocycles. The van der Waals surface area contributed by atoms with Crippen molar-refractivity contribution in [1.29, 1.82) is 0 Å². The van der Waals surface area contributed by atoms with Gasteiger partial charge in [0.2, 0.25) is 0 Å². The molecule has 0 spiro atoms. The Morgan fingerprint density at radius 3 is 2.84 bits per heavy atom. The minimum Gasteiger partial charge on any atom is -0.385 e. The number of nitrogens with one attached hydrogen (secondary N) is 1. The van der Waals surface area contributed by atoms with Crippen LogP contribution in [0.2, 0.25) is 0 Å². The Kier molecular flexibility index (Phi) is 7.69. The lowest BCUT2D eigenvalue weighted by molar-refractivity contribution is -0.0893. The molecule has 37 heavy (non-hydrogen) atoms. The van der Waals surface area contributed by atoms with E-state index >= 15 is 0 Å². The summed E-state index contributed by atoms with van der Waals surface area (Å²) < 4.78 is 21.7. The van der Waals surface area contributed by atoms with Crippen LogP contribution >= 0.6 is 0 Å². The van der Waals surface area contributed by atoms with Crippen molar-refractivity contribution < 1.29 is 19.0 Å². The number of benzene rings is 2. The SMILES string of the molecule is COCC1(O)CCCC[C@H]1n1cnc(C(=O)N2CCNC[C@H]2Cc2ccccc2)c1-c1cccc(F)c1. The number of aliphatic hydroxyl groups is 1. The molecule has 7 nitrogen and oxygen atoms in total. The number of rotatable bonds is 7. The maximum absolute atomic E-state index is 14.4. The number of carbonyl (C=O) groups excluding carboxylic acids is 1. The zero-order valence-electron chi connectivity index (χ0n) is 21.3. The Bertz CT molecular complexity index is 1210. The number of halogens is 1. The highest BCUT2D eigenvalue weighted by molar-refractivity contribution is 5.98. The molecule has 1 aromatic heterocycles. The van der Waals surface area contributed by atoms with Crippen molar-refractivity contribution in [1.82, 2.24) is 19.8 Å². The molecule has 2 fully saturated rings. The van der Waals surface area contributed by atoms with Crippen molar-refractivity contribution in [2.45, 2.75) is 49.8 Å². The zero-order valence-corrected chi connectivity index (χ0v) is 21.3. The van der Waals surface area contributed by atoms with E-state index in [-0.39, 0.29) is 36.1 Å². The number of hydrogen-bond acceptors (Lipinski definition) is 5. The molecule has 1 amide bonds. The van der Waals surface area contributed by atoms with Crippen LogP contribution in [0.25, 0.3) is 11.3 Å². The van der Waals surface area contributed by atoms with Crippen molar-refractivity contribution in [3.8, 4) is 11.3 Å². The third-order valence-electron chi connectivity index (χ3n) is 7.71. The predicted molar refractivity (Wildman–Crippen MR) is 140 cm³/mol. The number of aromatic nitrogens is 2. The van der Waals surface area contributed by atoms with Gasteiger partial charge in [-0.3, -0.25) is 4.79 Å². The average molecular weight is 507 g/mol. The van der Waals surface area contributed by atoms with Gasteiger partial charge in [-0.15, -0.1) is 0 Å². The molecule has 3 atom stereocenters. The van der Waals surface area contributed by atoms with Crippen molar-refractivity contribution in [2.24, 2.45) is 0 Å². The quantitative estimate of drug-likeness (QED) is 0.509. The van der Waals surface area contributed by atoms with E-state index in [1.165, 1.54) is 12.1 Å². The van der Waals surface area contributed by atoms with E-state index in [1.807, 2.05) is 27.7 Å². The first-order chi connectivity index (χ1) is 18.0. The maximum Gasteiger partial charge on any atom is 0.275 e. The average Bonchev–Trinajstić information content (AvgIpc) is 3.34. The third-order valence-corrected chi connectivity index (χ3v) is 7.71. The molecule has 3 aromatic rings. The first kappa shape index (κ1) is 25.6. The molecule has 1 unspecified atom stereocenters. The largest absolute Gasteiger partial charge is 0.385 e. The summed E-state index contributed by atoms with van der Waals surface area (Å²) >= 11 is 0. The fraction of sp³-hybridized carbons (Fsp3) is 0.448. The van der Waals surface area contributed by atoms with Gasteiger partial charge < -0.3 is 24.6 Å². The first-order valence-corrected chi connectivity index (χ1v) is 13.1. The van der Waals surface area contributed by atoms with E-state index in [0.29, 0.717) is 37.3 Å². The van der Waals surface area contributed by atoms with E-state index in [1.54, 1.807) is 25.6 Å². The van der Waals surface area contributed by atoms with E-state index in [9.17, 15) is 14.3 Å². The highest BCUT2D eigenvalue weighted by Crippen LogP contribution is 2.41. The fourth-order valence-corrected chi connectivity index (χ4v) is 5.93. The Morgan fingerprint density at radius 1 is 1.22 bits per heavy atom.